The van der Waals surface area contributed by atoms with Crippen molar-refractivity contribution in [1.82, 2.24) is 19.8 Å². The van der Waals surface area contributed by atoms with E-state index in [4.69, 9.17) is 21.3 Å². The molecule has 2 aliphatic heterocycles. The number of amides is 1. The second-order valence-corrected chi connectivity index (χ2v) is 14.0. The van der Waals surface area contributed by atoms with Crippen molar-refractivity contribution in [2.24, 2.45) is 4.76 Å². The fourth-order valence-corrected chi connectivity index (χ4v) is 8.54. The summed E-state index contributed by atoms with van der Waals surface area (Å²) in [5.74, 6) is 0.341. The van der Waals surface area contributed by atoms with Crippen LogP contribution in [-0.4, -0.2) is 63.3 Å². The van der Waals surface area contributed by atoms with Gasteiger partial charge in [0.05, 0.1) is 27.5 Å². The van der Waals surface area contributed by atoms with Gasteiger partial charge in [-0.25, -0.2) is 19.0 Å². The number of fused-ring (bicyclic) bond motifs is 1. The van der Waals surface area contributed by atoms with Crippen molar-refractivity contribution in [3.8, 4) is 11.3 Å². The van der Waals surface area contributed by atoms with Crippen LogP contribution in [0.25, 0.3) is 11.3 Å². The zero-order chi connectivity index (χ0) is 28.9. The number of thiazole rings is 1. The summed E-state index contributed by atoms with van der Waals surface area (Å²) in [6.07, 6.45) is 1.32. The minimum atomic E-state index is -3.48. The summed E-state index contributed by atoms with van der Waals surface area (Å²) in [6.45, 7) is 14.1. The number of amidine groups is 1. The molecule has 0 aliphatic carbocycles. The third kappa shape index (κ3) is 4.86. The molecular weight excluding hydrogens is 570 g/mol. The van der Waals surface area contributed by atoms with Crippen LogP contribution in [0.5, 0.6) is 0 Å². The molecule has 1 saturated heterocycles. The number of carbonyl (C=O) groups is 1. The Morgan fingerprint density at radius 1 is 1.23 bits per heavy atom. The van der Waals surface area contributed by atoms with E-state index < -0.39 is 13.3 Å². The maximum absolute atomic E-state index is 14.9. The van der Waals surface area contributed by atoms with Crippen molar-refractivity contribution < 1.29 is 13.8 Å². The summed E-state index contributed by atoms with van der Waals surface area (Å²) in [6, 6.07) is 7.75. The van der Waals surface area contributed by atoms with Gasteiger partial charge in [-0.1, -0.05) is 44.2 Å². The van der Waals surface area contributed by atoms with Crippen molar-refractivity contribution in [2.45, 2.75) is 45.7 Å². The number of pyridine rings is 1. The first-order valence-corrected chi connectivity index (χ1v) is 16.3. The van der Waals surface area contributed by atoms with Crippen molar-refractivity contribution in [3.05, 3.63) is 70.6 Å². The van der Waals surface area contributed by atoms with Crippen LogP contribution < -0.4 is 4.67 Å². The van der Waals surface area contributed by atoms with Crippen LogP contribution in [0.15, 0.2) is 53.3 Å². The first kappa shape index (κ1) is 28.5. The van der Waals surface area contributed by atoms with E-state index in [2.05, 4.69) is 16.5 Å². The Hall–Kier alpha value is -3.07. The Morgan fingerprint density at radius 2 is 1.95 bits per heavy atom. The van der Waals surface area contributed by atoms with Crippen LogP contribution in [0.4, 0.5) is 15.2 Å². The van der Waals surface area contributed by atoms with Gasteiger partial charge >= 0.3 is 0 Å². The van der Waals surface area contributed by atoms with Gasteiger partial charge in [-0.3, -0.25) is 9.36 Å². The highest BCUT2D eigenvalue weighted by atomic mass is 35.5. The van der Waals surface area contributed by atoms with E-state index in [1.807, 2.05) is 27.7 Å². The van der Waals surface area contributed by atoms with Gasteiger partial charge in [0.25, 0.3) is 7.44 Å². The lowest BCUT2D eigenvalue weighted by Crippen LogP contribution is -2.59. The quantitative estimate of drug-likeness (QED) is 0.238. The number of benzene rings is 1. The van der Waals surface area contributed by atoms with Gasteiger partial charge in [0, 0.05) is 37.4 Å². The first-order valence-electron chi connectivity index (χ1n) is 13.0. The largest absolute Gasteiger partial charge is 0.349 e. The van der Waals surface area contributed by atoms with E-state index in [-0.39, 0.29) is 40.2 Å². The lowest BCUT2D eigenvalue weighted by Gasteiger charge is -2.46. The third-order valence-corrected chi connectivity index (χ3v) is 10.1. The Kier molecular flexibility index (Phi) is 7.63. The van der Waals surface area contributed by atoms with Crippen molar-refractivity contribution in [1.29, 1.82) is 0 Å². The molecule has 2 aromatic heterocycles. The number of hydrogen-bond acceptors (Lipinski definition) is 6. The van der Waals surface area contributed by atoms with Crippen molar-refractivity contribution >= 4 is 52.9 Å². The van der Waals surface area contributed by atoms with Crippen LogP contribution in [0.2, 0.25) is 5.02 Å². The number of piperazine rings is 1. The van der Waals surface area contributed by atoms with Crippen LogP contribution in [0, 0.1) is 5.82 Å². The molecule has 0 spiro atoms. The molecule has 0 unspecified atom stereocenters. The van der Waals surface area contributed by atoms with E-state index in [9.17, 15) is 13.8 Å². The minimum Gasteiger partial charge on any atom is -0.349 e. The molecule has 3 aromatic rings. The van der Waals surface area contributed by atoms with E-state index in [0.717, 1.165) is 5.69 Å². The van der Waals surface area contributed by atoms with Gasteiger partial charge in [-0.2, -0.15) is 4.76 Å². The average Bonchev–Trinajstić information content (AvgIpc) is 3.38. The number of carbonyl (C=O) groups excluding carboxylic acids is 1. The van der Waals surface area contributed by atoms with Gasteiger partial charge in [0.15, 0.2) is 5.82 Å². The number of halogens is 2. The number of nitrogens with zero attached hydrogens (tertiary/aromatic N) is 6. The maximum atomic E-state index is 14.9. The molecule has 5 rings (SSSR count). The monoisotopic (exact) mass is 600 g/mol. The maximum Gasteiger partial charge on any atom is 0.286 e. The standard InChI is InChI=1S/C28H31ClFN6O2PS/c1-7-23(37)34-13-18(5)35(14-17(34)4)27-20-12-21(29)25(19-10-8-9-11-22(19)30)32-26(20)36(39(6,38)33-27)28-24(16(2)3)31-15-40-28/h7-12,15-18H,1,13-14H2,2-6H3/t17-,18+,39+/m1/s1. The molecule has 0 saturated carbocycles. The van der Waals surface area contributed by atoms with Crippen molar-refractivity contribution in [3.63, 3.8) is 0 Å². The minimum absolute atomic E-state index is 0.0600. The Morgan fingerprint density at radius 3 is 2.62 bits per heavy atom. The first-order chi connectivity index (χ1) is 18.9. The zero-order valence-corrected chi connectivity index (χ0v) is 25.5. The number of anilines is 2. The lowest BCUT2D eigenvalue weighted by atomic mass is 10.0. The topological polar surface area (TPSA) is 82.0 Å². The SMILES string of the molecule is C=CC(=O)N1C[C@H](C)N(C2=N[P@](C)(=O)N(c3scnc3C(C)C)c3nc(-c4ccccc4F)c(Cl)cc32)C[C@H]1C. The van der Waals surface area contributed by atoms with Gasteiger partial charge in [0.2, 0.25) is 5.91 Å². The summed E-state index contributed by atoms with van der Waals surface area (Å²) in [4.78, 5) is 25.7. The lowest BCUT2D eigenvalue weighted by molar-refractivity contribution is -0.130. The molecule has 12 heteroatoms. The highest BCUT2D eigenvalue weighted by molar-refractivity contribution is 7.64. The second-order valence-electron chi connectivity index (χ2n) is 10.5. The smallest absolute Gasteiger partial charge is 0.286 e. The number of aromatic nitrogens is 2. The Labute approximate surface area is 242 Å². The molecule has 3 atom stereocenters. The number of hydrogen-bond donors (Lipinski definition) is 0. The molecule has 210 valence electrons. The molecule has 2 aliphatic rings. The summed E-state index contributed by atoms with van der Waals surface area (Å²) in [5.41, 5.74) is 3.58. The molecule has 1 aromatic carbocycles. The highest BCUT2D eigenvalue weighted by Gasteiger charge is 2.43. The van der Waals surface area contributed by atoms with E-state index in [0.29, 0.717) is 35.3 Å². The third-order valence-electron chi connectivity index (χ3n) is 7.21. The summed E-state index contributed by atoms with van der Waals surface area (Å²) in [7, 11) is -3.48. The Bertz CT molecular complexity index is 1580. The van der Waals surface area contributed by atoms with E-state index in [1.54, 1.807) is 46.0 Å². The molecule has 0 bridgehead atoms. The summed E-state index contributed by atoms with van der Waals surface area (Å²) >= 11 is 8.14. The van der Waals surface area contributed by atoms with Gasteiger partial charge in [0.1, 0.15) is 16.7 Å². The second kappa shape index (κ2) is 10.7. The van der Waals surface area contributed by atoms with E-state index >= 15 is 0 Å². The van der Waals surface area contributed by atoms with Crippen molar-refractivity contribution in [2.75, 3.05) is 24.4 Å². The fraction of sp³-hybridized carbons (Fsp3) is 0.357. The molecular formula is C28H31ClFN6O2PS. The number of rotatable bonds is 4. The van der Waals surface area contributed by atoms with E-state index in [1.165, 1.54) is 23.5 Å². The normalized spacial score (nSPS) is 22.8. The molecule has 1 fully saturated rings. The fourth-order valence-electron chi connectivity index (χ4n) is 5.22. The molecule has 8 nitrogen and oxygen atoms in total. The molecule has 4 heterocycles. The van der Waals surface area contributed by atoms with Crippen LogP contribution >= 0.6 is 30.4 Å². The predicted octanol–water partition coefficient (Wildman–Crippen LogP) is 6.95. The van der Waals surface area contributed by atoms with Gasteiger partial charge < -0.3 is 9.80 Å². The van der Waals surface area contributed by atoms with Crippen LogP contribution in [0.3, 0.4) is 0 Å². The predicted molar refractivity (Wildman–Crippen MR) is 161 cm³/mol. The zero-order valence-electron chi connectivity index (χ0n) is 23.0. The molecule has 40 heavy (non-hydrogen) atoms. The van der Waals surface area contributed by atoms with Gasteiger partial charge in [-0.15, -0.1) is 11.3 Å². The summed E-state index contributed by atoms with van der Waals surface area (Å²) < 4.78 is 36.0. The molecule has 0 radical (unpaired) electrons. The molecule has 1 amide bonds. The average molecular weight is 601 g/mol. The Balaban J connectivity index is 1.72. The van der Waals surface area contributed by atoms with Crippen LogP contribution in [-0.2, 0) is 9.36 Å². The van der Waals surface area contributed by atoms with Crippen LogP contribution in [0.1, 0.15) is 44.9 Å². The molecule has 0 N–H and O–H groups in total. The highest BCUT2D eigenvalue weighted by Crippen LogP contribution is 2.60. The summed E-state index contributed by atoms with van der Waals surface area (Å²) in [5, 5.41) is 0.931. The van der Waals surface area contributed by atoms with Gasteiger partial charge in [-0.05, 0) is 44.0 Å².